The van der Waals surface area contributed by atoms with Crippen molar-refractivity contribution in [2.75, 3.05) is 38.2 Å². The van der Waals surface area contributed by atoms with Gasteiger partial charge in [0.05, 0.1) is 18.8 Å². The summed E-state index contributed by atoms with van der Waals surface area (Å²) < 4.78 is 10.6. The summed E-state index contributed by atoms with van der Waals surface area (Å²) in [5, 5.41) is 7.33. The Morgan fingerprint density at radius 1 is 1.15 bits per heavy atom. The van der Waals surface area contributed by atoms with Gasteiger partial charge in [-0.15, -0.1) is 0 Å². The van der Waals surface area contributed by atoms with E-state index < -0.39 is 0 Å². The molecule has 2 aliphatic rings. The molecule has 1 atom stereocenters. The fourth-order valence-electron chi connectivity index (χ4n) is 3.77. The molecule has 0 aliphatic carbocycles. The van der Waals surface area contributed by atoms with Gasteiger partial charge in [0.25, 0.3) is 0 Å². The van der Waals surface area contributed by atoms with Crippen molar-refractivity contribution >= 4 is 5.82 Å². The molecule has 0 spiro atoms. The molecule has 1 N–H and O–H groups in total. The van der Waals surface area contributed by atoms with Crippen molar-refractivity contribution in [1.29, 1.82) is 0 Å². The molecule has 8 nitrogen and oxygen atoms in total. The van der Waals surface area contributed by atoms with Crippen LogP contribution in [-0.4, -0.2) is 57.9 Å². The highest BCUT2D eigenvalue weighted by atomic mass is 16.5. The summed E-state index contributed by atoms with van der Waals surface area (Å²) in [7, 11) is 0. The molecule has 0 bridgehead atoms. The van der Waals surface area contributed by atoms with Crippen LogP contribution >= 0.6 is 0 Å². The molecule has 2 aliphatic heterocycles. The van der Waals surface area contributed by atoms with Crippen molar-refractivity contribution in [2.45, 2.75) is 39.7 Å². The van der Waals surface area contributed by atoms with E-state index in [-0.39, 0.29) is 0 Å². The van der Waals surface area contributed by atoms with Gasteiger partial charge in [-0.2, -0.15) is 4.98 Å². The standard InChI is InChI=1S/C18H26N6O2/c1-12-20-16-4-7-24(10-14-5-8-25-11-14)6-3-15(16)18(21-12)19-9-17-22-13(2)26-23-17/h14H,3-11H2,1-2H3,(H,19,20,21)/t14-/m0/s1. The molecule has 2 aromatic heterocycles. The molecule has 4 rings (SSSR count). The van der Waals surface area contributed by atoms with Crippen molar-refractivity contribution in [2.24, 2.45) is 5.92 Å². The van der Waals surface area contributed by atoms with Gasteiger partial charge in [-0.1, -0.05) is 5.16 Å². The van der Waals surface area contributed by atoms with E-state index in [2.05, 4.69) is 25.3 Å². The highest BCUT2D eigenvalue weighted by molar-refractivity contribution is 5.47. The Hall–Kier alpha value is -2.06. The SMILES string of the molecule is Cc1nc2c(c(NCc3noc(C)n3)n1)CCN(C[C@@H]1CCOC1)CC2. The molecule has 140 valence electrons. The zero-order valence-electron chi connectivity index (χ0n) is 15.5. The van der Waals surface area contributed by atoms with Crippen LogP contribution in [0.5, 0.6) is 0 Å². The molecule has 0 radical (unpaired) electrons. The van der Waals surface area contributed by atoms with Gasteiger partial charge in [-0.05, 0) is 25.7 Å². The van der Waals surface area contributed by atoms with Crippen molar-refractivity contribution < 1.29 is 9.26 Å². The zero-order chi connectivity index (χ0) is 17.9. The normalized spacial score (nSPS) is 20.8. The lowest BCUT2D eigenvalue weighted by Gasteiger charge is -2.22. The number of nitrogens with zero attached hydrogens (tertiary/aromatic N) is 5. The molecule has 4 heterocycles. The van der Waals surface area contributed by atoms with Gasteiger partial charge < -0.3 is 19.5 Å². The second-order valence-corrected chi connectivity index (χ2v) is 7.16. The molecule has 2 aromatic rings. The van der Waals surface area contributed by atoms with Crippen LogP contribution in [-0.2, 0) is 24.1 Å². The zero-order valence-corrected chi connectivity index (χ0v) is 15.5. The molecule has 1 saturated heterocycles. The maximum absolute atomic E-state index is 5.52. The fraction of sp³-hybridized carbons (Fsp3) is 0.667. The lowest BCUT2D eigenvalue weighted by molar-refractivity contribution is 0.168. The predicted molar refractivity (Wildman–Crippen MR) is 95.9 cm³/mol. The summed E-state index contributed by atoms with van der Waals surface area (Å²) in [6.45, 7) is 9.25. The first-order valence-electron chi connectivity index (χ1n) is 9.37. The maximum Gasteiger partial charge on any atom is 0.223 e. The van der Waals surface area contributed by atoms with Crippen molar-refractivity contribution in [3.63, 3.8) is 0 Å². The van der Waals surface area contributed by atoms with Crippen LogP contribution in [0.3, 0.4) is 0 Å². The van der Waals surface area contributed by atoms with Crippen LogP contribution in [0.2, 0.25) is 0 Å². The molecule has 0 aromatic carbocycles. The first-order valence-corrected chi connectivity index (χ1v) is 9.37. The van der Waals surface area contributed by atoms with E-state index in [1.165, 1.54) is 12.0 Å². The minimum Gasteiger partial charge on any atom is -0.381 e. The van der Waals surface area contributed by atoms with Crippen molar-refractivity contribution in [3.05, 3.63) is 28.8 Å². The fourth-order valence-corrected chi connectivity index (χ4v) is 3.77. The highest BCUT2D eigenvalue weighted by Crippen LogP contribution is 2.23. The van der Waals surface area contributed by atoms with Crippen LogP contribution in [0.25, 0.3) is 0 Å². The van der Waals surface area contributed by atoms with E-state index in [1.54, 1.807) is 6.92 Å². The Balaban J connectivity index is 1.45. The number of anilines is 1. The van der Waals surface area contributed by atoms with Crippen LogP contribution in [0.15, 0.2) is 4.52 Å². The number of fused-ring (bicyclic) bond motifs is 1. The summed E-state index contributed by atoms with van der Waals surface area (Å²) >= 11 is 0. The Labute approximate surface area is 153 Å². The highest BCUT2D eigenvalue weighted by Gasteiger charge is 2.23. The largest absolute Gasteiger partial charge is 0.381 e. The summed E-state index contributed by atoms with van der Waals surface area (Å²) in [4.78, 5) is 16.1. The van der Waals surface area contributed by atoms with Crippen LogP contribution in [0, 0.1) is 19.8 Å². The lowest BCUT2D eigenvalue weighted by atomic mass is 10.1. The van der Waals surface area contributed by atoms with Gasteiger partial charge in [0, 0.05) is 45.1 Å². The van der Waals surface area contributed by atoms with Crippen molar-refractivity contribution in [1.82, 2.24) is 25.0 Å². The van der Waals surface area contributed by atoms with Gasteiger partial charge in [-0.25, -0.2) is 9.97 Å². The summed E-state index contributed by atoms with van der Waals surface area (Å²) in [6.07, 6.45) is 3.10. The first kappa shape index (κ1) is 17.4. The number of aromatic nitrogens is 4. The van der Waals surface area contributed by atoms with Crippen LogP contribution in [0.4, 0.5) is 5.82 Å². The molecule has 26 heavy (non-hydrogen) atoms. The Bertz CT molecular complexity index is 756. The molecule has 1 fully saturated rings. The summed E-state index contributed by atoms with van der Waals surface area (Å²) in [5.41, 5.74) is 2.38. The third-order valence-electron chi connectivity index (χ3n) is 5.07. The Kier molecular flexibility index (Phi) is 5.12. The number of hydrogen-bond acceptors (Lipinski definition) is 8. The van der Waals surface area contributed by atoms with Crippen LogP contribution in [0.1, 0.15) is 35.2 Å². The average molecular weight is 358 g/mol. The number of rotatable bonds is 5. The molecule has 0 saturated carbocycles. The molecule has 0 unspecified atom stereocenters. The van der Waals surface area contributed by atoms with E-state index in [0.717, 1.165) is 63.0 Å². The second kappa shape index (κ2) is 7.67. The number of ether oxygens (including phenoxy) is 1. The topological polar surface area (TPSA) is 89.2 Å². The first-order chi connectivity index (χ1) is 12.7. The minimum atomic E-state index is 0.503. The third kappa shape index (κ3) is 4.02. The number of nitrogens with one attached hydrogen (secondary N) is 1. The molecule has 0 amide bonds. The number of hydrogen-bond donors (Lipinski definition) is 1. The summed E-state index contributed by atoms with van der Waals surface area (Å²) in [5.74, 6) is 3.59. The van der Waals surface area contributed by atoms with E-state index in [4.69, 9.17) is 14.2 Å². The monoisotopic (exact) mass is 358 g/mol. The molecular formula is C18H26N6O2. The van der Waals surface area contributed by atoms with Gasteiger partial charge in [-0.3, -0.25) is 0 Å². The van der Waals surface area contributed by atoms with Crippen molar-refractivity contribution in [3.8, 4) is 0 Å². The Morgan fingerprint density at radius 3 is 2.81 bits per heavy atom. The van der Waals surface area contributed by atoms with Crippen LogP contribution < -0.4 is 5.32 Å². The average Bonchev–Trinajstić information content (AvgIpc) is 3.23. The quantitative estimate of drug-likeness (QED) is 0.861. The predicted octanol–water partition coefficient (Wildman–Crippen LogP) is 1.53. The van der Waals surface area contributed by atoms with E-state index >= 15 is 0 Å². The van der Waals surface area contributed by atoms with Gasteiger partial charge in [0.2, 0.25) is 5.89 Å². The van der Waals surface area contributed by atoms with E-state index in [0.29, 0.717) is 24.2 Å². The van der Waals surface area contributed by atoms with Gasteiger partial charge in [0.1, 0.15) is 11.6 Å². The smallest absolute Gasteiger partial charge is 0.223 e. The molecule has 8 heteroatoms. The van der Waals surface area contributed by atoms with Gasteiger partial charge >= 0.3 is 0 Å². The third-order valence-corrected chi connectivity index (χ3v) is 5.07. The lowest BCUT2D eigenvalue weighted by Crippen LogP contribution is -2.32. The molecular weight excluding hydrogens is 332 g/mol. The Morgan fingerprint density at radius 2 is 2.04 bits per heavy atom. The number of aryl methyl sites for hydroxylation is 2. The maximum atomic E-state index is 5.52. The second-order valence-electron chi connectivity index (χ2n) is 7.16. The van der Waals surface area contributed by atoms with E-state index in [9.17, 15) is 0 Å². The summed E-state index contributed by atoms with van der Waals surface area (Å²) in [6, 6.07) is 0. The minimum absolute atomic E-state index is 0.503. The van der Waals surface area contributed by atoms with E-state index in [1.807, 2.05) is 6.92 Å². The van der Waals surface area contributed by atoms with Gasteiger partial charge in [0.15, 0.2) is 5.82 Å².